The molecule has 1 aliphatic heterocycles. The Kier molecular flexibility index (Phi) is 3.93. The molecule has 114 valence electrons. The SMILES string of the molecule is CCCC1NC(c2ccc(F)c(F)c2)N(CC2CC2)C1=O. The van der Waals surface area contributed by atoms with Crippen LogP contribution in [0.3, 0.4) is 0 Å². The predicted molar refractivity (Wildman–Crippen MR) is 75.4 cm³/mol. The van der Waals surface area contributed by atoms with Crippen LogP contribution in [0, 0.1) is 17.6 Å². The van der Waals surface area contributed by atoms with E-state index < -0.39 is 11.6 Å². The largest absolute Gasteiger partial charge is 0.321 e. The van der Waals surface area contributed by atoms with Gasteiger partial charge in [-0.15, -0.1) is 0 Å². The number of rotatable bonds is 5. The Balaban J connectivity index is 1.85. The molecule has 1 heterocycles. The maximum absolute atomic E-state index is 13.5. The number of carbonyl (C=O) groups is 1. The molecule has 1 saturated carbocycles. The molecule has 0 aromatic heterocycles. The van der Waals surface area contributed by atoms with Crippen molar-refractivity contribution in [3.05, 3.63) is 35.4 Å². The molecule has 1 aliphatic carbocycles. The smallest absolute Gasteiger partial charge is 0.241 e. The van der Waals surface area contributed by atoms with E-state index in [9.17, 15) is 13.6 Å². The van der Waals surface area contributed by atoms with Gasteiger partial charge in [0.15, 0.2) is 11.6 Å². The first kappa shape index (κ1) is 14.4. The normalized spacial score (nSPS) is 25.7. The number of hydrogen-bond donors (Lipinski definition) is 1. The maximum Gasteiger partial charge on any atom is 0.241 e. The fourth-order valence-electron chi connectivity index (χ4n) is 2.91. The molecule has 1 amide bonds. The van der Waals surface area contributed by atoms with Crippen molar-refractivity contribution >= 4 is 5.91 Å². The van der Waals surface area contributed by atoms with Gasteiger partial charge in [0.05, 0.1) is 6.04 Å². The van der Waals surface area contributed by atoms with E-state index in [0.29, 0.717) is 18.0 Å². The maximum atomic E-state index is 13.5. The summed E-state index contributed by atoms with van der Waals surface area (Å²) in [6.45, 7) is 2.74. The zero-order valence-electron chi connectivity index (χ0n) is 12.1. The van der Waals surface area contributed by atoms with E-state index in [1.54, 1.807) is 11.0 Å². The summed E-state index contributed by atoms with van der Waals surface area (Å²) in [5.41, 5.74) is 0.613. The van der Waals surface area contributed by atoms with Crippen molar-refractivity contribution in [2.24, 2.45) is 5.92 Å². The van der Waals surface area contributed by atoms with Crippen molar-refractivity contribution in [2.75, 3.05) is 6.54 Å². The van der Waals surface area contributed by atoms with E-state index in [4.69, 9.17) is 0 Å². The summed E-state index contributed by atoms with van der Waals surface area (Å²) in [6.07, 6.45) is 3.62. The van der Waals surface area contributed by atoms with Crippen molar-refractivity contribution in [3.63, 3.8) is 0 Å². The number of nitrogens with zero attached hydrogens (tertiary/aromatic N) is 1. The lowest BCUT2D eigenvalue weighted by molar-refractivity contribution is -0.130. The third-order valence-electron chi connectivity index (χ3n) is 4.24. The Hall–Kier alpha value is -1.49. The van der Waals surface area contributed by atoms with E-state index in [0.717, 1.165) is 31.7 Å². The van der Waals surface area contributed by atoms with Gasteiger partial charge < -0.3 is 4.90 Å². The highest BCUT2D eigenvalue weighted by Crippen LogP contribution is 2.35. The van der Waals surface area contributed by atoms with Gasteiger partial charge in [0, 0.05) is 6.54 Å². The number of carbonyl (C=O) groups excluding carboxylic acids is 1. The minimum absolute atomic E-state index is 0.0819. The highest BCUT2D eigenvalue weighted by Gasteiger charge is 2.41. The van der Waals surface area contributed by atoms with Crippen LogP contribution < -0.4 is 5.32 Å². The van der Waals surface area contributed by atoms with Crippen molar-refractivity contribution < 1.29 is 13.6 Å². The number of nitrogens with one attached hydrogen (secondary N) is 1. The summed E-state index contributed by atoms with van der Waals surface area (Å²) in [6, 6.07) is 3.65. The number of amides is 1. The van der Waals surface area contributed by atoms with Crippen LogP contribution in [0.4, 0.5) is 8.78 Å². The molecule has 3 rings (SSSR count). The minimum atomic E-state index is -0.868. The minimum Gasteiger partial charge on any atom is -0.321 e. The fraction of sp³-hybridized carbons (Fsp3) is 0.562. The van der Waals surface area contributed by atoms with Crippen LogP contribution in [0.2, 0.25) is 0 Å². The Labute approximate surface area is 123 Å². The van der Waals surface area contributed by atoms with E-state index in [-0.39, 0.29) is 18.1 Å². The summed E-state index contributed by atoms with van der Waals surface area (Å²) in [5.74, 6) is -1.09. The van der Waals surface area contributed by atoms with Gasteiger partial charge in [-0.05, 0) is 42.9 Å². The molecule has 0 spiro atoms. The second-order valence-electron chi connectivity index (χ2n) is 6.02. The lowest BCUT2D eigenvalue weighted by Gasteiger charge is -2.24. The van der Waals surface area contributed by atoms with Gasteiger partial charge in [-0.3, -0.25) is 10.1 Å². The summed E-state index contributed by atoms with van der Waals surface area (Å²) in [4.78, 5) is 14.3. The molecule has 0 radical (unpaired) electrons. The van der Waals surface area contributed by atoms with Crippen LogP contribution >= 0.6 is 0 Å². The quantitative estimate of drug-likeness (QED) is 0.905. The van der Waals surface area contributed by atoms with Gasteiger partial charge in [0.2, 0.25) is 5.91 Å². The average Bonchev–Trinajstić information content (AvgIpc) is 3.23. The molecular formula is C16H20F2N2O. The molecule has 5 heteroatoms. The summed E-state index contributed by atoms with van der Waals surface area (Å²) >= 11 is 0. The van der Waals surface area contributed by atoms with Crippen LogP contribution in [0.5, 0.6) is 0 Å². The van der Waals surface area contributed by atoms with Gasteiger partial charge >= 0.3 is 0 Å². The predicted octanol–water partition coefficient (Wildman–Crippen LogP) is 2.97. The summed E-state index contributed by atoms with van der Waals surface area (Å²) < 4.78 is 26.6. The summed E-state index contributed by atoms with van der Waals surface area (Å²) in [5, 5.41) is 3.28. The second kappa shape index (κ2) is 5.72. The van der Waals surface area contributed by atoms with Crippen molar-refractivity contribution in [1.82, 2.24) is 10.2 Å². The van der Waals surface area contributed by atoms with E-state index in [1.807, 2.05) is 6.92 Å². The fourth-order valence-corrected chi connectivity index (χ4v) is 2.91. The first-order valence-corrected chi connectivity index (χ1v) is 7.61. The molecule has 1 saturated heterocycles. The highest BCUT2D eigenvalue weighted by atomic mass is 19.2. The van der Waals surface area contributed by atoms with Gasteiger partial charge in [0.25, 0.3) is 0 Å². The molecule has 2 aliphatic rings. The number of halogens is 2. The molecule has 2 fully saturated rings. The Morgan fingerprint density at radius 2 is 2.05 bits per heavy atom. The van der Waals surface area contributed by atoms with Crippen LogP contribution in [0.15, 0.2) is 18.2 Å². The third-order valence-corrected chi connectivity index (χ3v) is 4.24. The zero-order chi connectivity index (χ0) is 15.0. The van der Waals surface area contributed by atoms with Crippen LogP contribution in [0.1, 0.15) is 44.3 Å². The zero-order valence-corrected chi connectivity index (χ0v) is 12.1. The van der Waals surface area contributed by atoms with Crippen molar-refractivity contribution in [2.45, 2.75) is 44.8 Å². The Morgan fingerprint density at radius 3 is 2.67 bits per heavy atom. The van der Waals surface area contributed by atoms with Crippen molar-refractivity contribution in [1.29, 1.82) is 0 Å². The average molecular weight is 294 g/mol. The van der Waals surface area contributed by atoms with Gasteiger partial charge in [-0.25, -0.2) is 8.78 Å². The molecule has 1 N–H and O–H groups in total. The first-order valence-electron chi connectivity index (χ1n) is 7.61. The summed E-state index contributed by atoms with van der Waals surface area (Å²) in [7, 11) is 0. The van der Waals surface area contributed by atoms with Gasteiger partial charge in [-0.2, -0.15) is 0 Å². The topological polar surface area (TPSA) is 32.3 Å². The molecule has 2 unspecified atom stereocenters. The third kappa shape index (κ3) is 2.93. The van der Waals surface area contributed by atoms with Crippen LogP contribution in [0.25, 0.3) is 0 Å². The van der Waals surface area contributed by atoms with E-state index >= 15 is 0 Å². The lowest BCUT2D eigenvalue weighted by atomic mass is 10.1. The van der Waals surface area contributed by atoms with Crippen LogP contribution in [-0.2, 0) is 4.79 Å². The molecule has 2 atom stereocenters. The molecule has 0 bridgehead atoms. The molecule has 1 aromatic rings. The second-order valence-corrected chi connectivity index (χ2v) is 6.02. The molecular weight excluding hydrogens is 274 g/mol. The number of benzene rings is 1. The monoisotopic (exact) mass is 294 g/mol. The van der Waals surface area contributed by atoms with Gasteiger partial charge in [0.1, 0.15) is 6.17 Å². The van der Waals surface area contributed by atoms with E-state index in [2.05, 4.69) is 5.32 Å². The Morgan fingerprint density at radius 1 is 1.29 bits per heavy atom. The molecule has 1 aromatic carbocycles. The standard InChI is InChI=1S/C16H20F2N2O/c1-2-3-14-16(21)20(9-10-4-5-10)15(19-14)11-6-7-12(17)13(18)8-11/h6-8,10,14-15,19H,2-5,9H2,1H3. The van der Waals surface area contributed by atoms with Crippen LogP contribution in [-0.4, -0.2) is 23.4 Å². The number of hydrogen-bond acceptors (Lipinski definition) is 2. The highest BCUT2D eigenvalue weighted by molar-refractivity contribution is 5.84. The molecule has 3 nitrogen and oxygen atoms in total. The van der Waals surface area contributed by atoms with Crippen molar-refractivity contribution in [3.8, 4) is 0 Å². The lowest BCUT2D eigenvalue weighted by Crippen LogP contribution is -2.33. The first-order chi connectivity index (χ1) is 10.1. The van der Waals surface area contributed by atoms with Gasteiger partial charge in [-0.1, -0.05) is 19.4 Å². The Bertz CT molecular complexity index is 545. The molecule has 21 heavy (non-hydrogen) atoms. The van der Waals surface area contributed by atoms with E-state index in [1.165, 1.54) is 6.07 Å².